The lowest BCUT2D eigenvalue weighted by molar-refractivity contribution is -0.122. The number of hydrogen-bond acceptors (Lipinski definition) is 5. The van der Waals surface area contributed by atoms with Crippen LogP contribution in [0.25, 0.3) is 0 Å². The van der Waals surface area contributed by atoms with Crippen molar-refractivity contribution in [3.63, 3.8) is 0 Å². The standard InChI is InChI=1S/C21H25ClN4O2S/c1-20(2)12-8-9-21(20,3)16(10-12)25-26-19-24-18(28)15(29-19)11-17(27)23-14-6-4-13(22)5-7-14/h4-7,12,15H,8-11H2,1-3H3,(H,23,27)(H,24,26,28)/b25-16+/t12-,15+,21+/m1/s1. The highest BCUT2D eigenvalue weighted by Crippen LogP contribution is 2.64. The van der Waals surface area contributed by atoms with Crippen molar-refractivity contribution in [1.29, 1.82) is 0 Å². The fourth-order valence-electron chi connectivity index (χ4n) is 4.69. The number of carbonyl (C=O) groups excluding carboxylic acids is 2. The Labute approximate surface area is 179 Å². The van der Waals surface area contributed by atoms with Gasteiger partial charge in [0.15, 0.2) is 5.17 Å². The number of benzene rings is 1. The van der Waals surface area contributed by atoms with Gasteiger partial charge in [0.05, 0.1) is 0 Å². The number of carbonyl (C=O) groups is 2. The van der Waals surface area contributed by atoms with E-state index in [0.29, 0.717) is 21.8 Å². The molecule has 0 aromatic heterocycles. The van der Waals surface area contributed by atoms with E-state index < -0.39 is 5.25 Å². The minimum Gasteiger partial charge on any atom is -0.326 e. The Morgan fingerprint density at radius 2 is 2.00 bits per heavy atom. The van der Waals surface area contributed by atoms with Crippen molar-refractivity contribution >= 4 is 51.7 Å². The highest BCUT2D eigenvalue weighted by atomic mass is 35.5. The molecule has 3 fully saturated rings. The third-order valence-corrected chi connectivity index (χ3v) is 8.37. The number of halogens is 1. The van der Waals surface area contributed by atoms with Crippen molar-refractivity contribution < 1.29 is 9.59 Å². The first-order valence-electron chi connectivity index (χ1n) is 9.87. The van der Waals surface area contributed by atoms with Crippen molar-refractivity contribution in [2.45, 2.75) is 51.7 Å². The highest BCUT2D eigenvalue weighted by molar-refractivity contribution is 8.15. The molecule has 1 heterocycles. The zero-order valence-corrected chi connectivity index (χ0v) is 18.4. The molecule has 3 aliphatic rings. The number of nitrogens with one attached hydrogen (secondary N) is 2. The predicted octanol–water partition coefficient (Wildman–Crippen LogP) is 4.46. The monoisotopic (exact) mass is 432 g/mol. The Hall–Kier alpha value is -1.86. The summed E-state index contributed by atoms with van der Waals surface area (Å²) in [5, 5.41) is 15.0. The van der Waals surface area contributed by atoms with Gasteiger partial charge >= 0.3 is 0 Å². The van der Waals surface area contributed by atoms with Crippen molar-refractivity contribution in [2.75, 3.05) is 5.32 Å². The first kappa shape index (κ1) is 20.4. The van der Waals surface area contributed by atoms with Gasteiger partial charge in [-0.15, -0.1) is 5.10 Å². The molecule has 0 spiro atoms. The lowest BCUT2D eigenvalue weighted by Gasteiger charge is -2.34. The van der Waals surface area contributed by atoms with Crippen LogP contribution >= 0.6 is 23.4 Å². The molecule has 1 aromatic rings. The smallest absolute Gasteiger partial charge is 0.240 e. The van der Waals surface area contributed by atoms with Crippen LogP contribution in [0.3, 0.4) is 0 Å². The van der Waals surface area contributed by atoms with E-state index in [2.05, 4.69) is 41.6 Å². The Morgan fingerprint density at radius 3 is 2.62 bits per heavy atom. The molecule has 0 radical (unpaired) electrons. The van der Waals surface area contributed by atoms with Gasteiger partial charge in [-0.25, -0.2) is 0 Å². The molecule has 2 saturated carbocycles. The first-order valence-corrected chi connectivity index (χ1v) is 11.1. The lowest BCUT2D eigenvalue weighted by atomic mass is 9.70. The van der Waals surface area contributed by atoms with Gasteiger partial charge < -0.3 is 10.6 Å². The molecule has 154 valence electrons. The highest BCUT2D eigenvalue weighted by Gasteiger charge is 2.60. The van der Waals surface area contributed by atoms with E-state index in [1.54, 1.807) is 24.3 Å². The van der Waals surface area contributed by atoms with Crippen LogP contribution < -0.4 is 10.6 Å². The third kappa shape index (κ3) is 3.70. The normalized spacial score (nSPS) is 32.8. The molecule has 8 heteroatoms. The van der Waals surface area contributed by atoms with E-state index in [9.17, 15) is 9.59 Å². The van der Waals surface area contributed by atoms with E-state index in [4.69, 9.17) is 11.6 Å². The van der Waals surface area contributed by atoms with Crippen molar-refractivity contribution in [3.8, 4) is 0 Å². The number of amides is 2. The molecule has 3 atom stereocenters. The third-order valence-electron chi connectivity index (χ3n) is 7.05. The lowest BCUT2D eigenvalue weighted by Crippen LogP contribution is -2.32. The molecule has 6 nitrogen and oxygen atoms in total. The SMILES string of the molecule is CC1(C)[C@@H]2CC[C@@]1(C)/C(=N/N=C1\NC(=O)[C@H](CC(=O)Nc3ccc(Cl)cc3)S1)C2. The second kappa shape index (κ2) is 7.43. The molecule has 4 rings (SSSR count). The molecular weight excluding hydrogens is 408 g/mol. The zero-order valence-electron chi connectivity index (χ0n) is 16.8. The fourth-order valence-corrected chi connectivity index (χ4v) is 5.73. The van der Waals surface area contributed by atoms with Crippen LogP contribution in [0.5, 0.6) is 0 Å². The van der Waals surface area contributed by atoms with Gasteiger partial charge in [0.1, 0.15) is 5.25 Å². The molecule has 2 bridgehead atoms. The minimum atomic E-state index is -0.506. The van der Waals surface area contributed by atoms with Crippen LogP contribution in [0.1, 0.15) is 46.5 Å². The number of hydrogen-bond donors (Lipinski definition) is 2. The number of thioether (sulfide) groups is 1. The average molecular weight is 433 g/mol. The number of rotatable bonds is 4. The summed E-state index contributed by atoms with van der Waals surface area (Å²) in [6.07, 6.45) is 3.43. The van der Waals surface area contributed by atoms with Crippen molar-refractivity contribution in [2.24, 2.45) is 27.0 Å². The summed E-state index contributed by atoms with van der Waals surface area (Å²) in [5.41, 5.74) is 2.09. The summed E-state index contributed by atoms with van der Waals surface area (Å²) in [4.78, 5) is 24.5. The largest absolute Gasteiger partial charge is 0.326 e. The van der Waals surface area contributed by atoms with Crippen LogP contribution in [-0.2, 0) is 9.59 Å². The van der Waals surface area contributed by atoms with Crippen LogP contribution in [0, 0.1) is 16.7 Å². The number of nitrogens with zero attached hydrogens (tertiary/aromatic N) is 2. The topological polar surface area (TPSA) is 82.9 Å². The van der Waals surface area contributed by atoms with Gasteiger partial charge in [-0.2, -0.15) is 5.10 Å². The summed E-state index contributed by atoms with van der Waals surface area (Å²) in [6.45, 7) is 6.92. The summed E-state index contributed by atoms with van der Waals surface area (Å²) in [7, 11) is 0. The summed E-state index contributed by atoms with van der Waals surface area (Å²) in [6, 6.07) is 6.86. The molecular formula is C21H25ClN4O2S. The maximum atomic E-state index is 12.3. The molecule has 2 N–H and O–H groups in total. The van der Waals surface area contributed by atoms with Crippen molar-refractivity contribution in [1.82, 2.24) is 5.32 Å². The van der Waals surface area contributed by atoms with Gasteiger partial charge in [0.2, 0.25) is 11.8 Å². The number of amidine groups is 1. The molecule has 2 aliphatic carbocycles. The van der Waals surface area contributed by atoms with E-state index in [1.165, 1.54) is 18.2 Å². The van der Waals surface area contributed by atoms with Gasteiger partial charge in [-0.3, -0.25) is 9.59 Å². The number of anilines is 1. The van der Waals surface area contributed by atoms with E-state index in [0.717, 1.165) is 18.6 Å². The quantitative estimate of drug-likeness (QED) is 0.689. The molecule has 1 aliphatic heterocycles. The van der Waals surface area contributed by atoms with Crippen LogP contribution in [0.2, 0.25) is 5.02 Å². The summed E-state index contributed by atoms with van der Waals surface area (Å²) in [5.74, 6) is 0.219. The zero-order chi connectivity index (χ0) is 20.8. The Kier molecular flexibility index (Phi) is 5.23. The minimum absolute atomic E-state index is 0.0710. The fraction of sp³-hybridized carbons (Fsp3) is 0.524. The molecule has 29 heavy (non-hydrogen) atoms. The molecule has 2 amide bonds. The summed E-state index contributed by atoms with van der Waals surface area (Å²) >= 11 is 7.11. The Bertz CT molecular complexity index is 912. The van der Waals surface area contributed by atoms with Gasteiger partial charge in [0, 0.05) is 28.3 Å². The van der Waals surface area contributed by atoms with E-state index in [-0.39, 0.29) is 29.1 Å². The Balaban J connectivity index is 1.38. The van der Waals surface area contributed by atoms with Gasteiger partial charge in [-0.05, 0) is 54.9 Å². The second-order valence-corrected chi connectivity index (χ2v) is 10.4. The van der Waals surface area contributed by atoms with E-state index >= 15 is 0 Å². The van der Waals surface area contributed by atoms with Crippen LogP contribution in [-0.4, -0.2) is 27.9 Å². The summed E-state index contributed by atoms with van der Waals surface area (Å²) < 4.78 is 0. The van der Waals surface area contributed by atoms with Crippen LogP contribution in [0.4, 0.5) is 5.69 Å². The van der Waals surface area contributed by atoms with E-state index in [1.807, 2.05) is 0 Å². The average Bonchev–Trinajstić information content (AvgIpc) is 3.18. The van der Waals surface area contributed by atoms with Gasteiger partial charge in [-0.1, -0.05) is 44.1 Å². The Morgan fingerprint density at radius 1 is 1.28 bits per heavy atom. The van der Waals surface area contributed by atoms with Gasteiger partial charge in [0.25, 0.3) is 0 Å². The first-order chi connectivity index (χ1) is 13.7. The predicted molar refractivity (Wildman–Crippen MR) is 118 cm³/mol. The maximum Gasteiger partial charge on any atom is 0.240 e. The molecule has 1 aromatic carbocycles. The second-order valence-electron chi connectivity index (χ2n) is 8.80. The van der Waals surface area contributed by atoms with Crippen LogP contribution in [0.15, 0.2) is 34.5 Å². The van der Waals surface area contributed by atoms with Crippen molar-refractivity contribution in [3.05, 3.63) is 29.3 Å². The number of fused-ring (bicyclic) bond motifs is 2. The maximum absolute atomic E-state index is 12.3. The molecule has 1 saturated heterocycles. The molecule has 0 unspecified atom stereocenters.